The van der Waals surface area contributed by atoms with Crippen LogP contribution in [0.5, 0.6) is 0 Å². The molecule has 3 amide bonds. The minimum Gasteiger partial charge on any atom is -0.334 e. The number of imide groups is 1. The van der Waals surface area contributed by atoms with Crippen LogP contribution in [0.3, 0.4) is 0 Å². The van der Waals surface area contributed by atoms with E-state index in [4.69, 9.17) is 0 Å². The van der Waals surface area contributed by atoms with Gasteiger partial charge >= 0.3 is 0 Å². The monoisotopic (exact) mass is 524 g/mol. The zero-order chi connectivity index (χ0) is 21.6. The minimum absolute atomic E-state index is 0.0370. The second kappa shape index (κ2) is 8.05. The van der Waals surface area contributed by atoms with Crippen molar-refractivity contribution in [1.29, 1.82) is 0 Å². The molecular weight excluding hydrogens is 505 g/mol. The lowest BCUT2D eigenvalue weighted by Gasteiger charge is -2.41. The molecule has 2 heterocycles. The van der Waals surface area contributed by atoms with Crippen molar-refractivity contribution in [3.8, 4) is 0 Å². The topological polar surface area (TPSA) is 57.7 Å². The molecule has 5 nitrogen and oxygen atoms in total. The van der Waals surface area contributed by atoms with Gasteiger partial charge in [0.05, 0.1) is 29.3 Å². The molecule has 0 aromatic heterocycles. The molecule has 2 aliphatic heterocycles. The van der Waals surface area contributed by atoms with Gasteiger partial charge < -0.3 is 4.90 Å². The van der Waals surface area contributed by atoms with Crippen molar-refractivity contribution in [2.24, 2.45) is 5.92 Å². The number of carbonyl (C=O) groups is 3. The van der Waals surface area contributed by atoms with Gasteiger partial charge in [0.2, 0.25) is 0 Å². The Kier molecular flexibility index (Phi) is 5.61. The van der Waals surface area contributed by atoms with E-state index in [-0.39, 0.29) is 29.8 Å². The SMILES string of the molecule is C[C@@H]1CCCN(C(=O)c2cc(F)c(F)cc2I)[C@@H]1CN1C(=O)c2ccccc2C1=O. The van der Waals surface area contributed by atoms with Gasteiger partial charge in [-0.1, -0.05) is 19.1 Å². The molecule has 0 radical (unpaired) electrons. The van der Waals surface area contributed by atoms with E-state index in [0.29, 0.717) is 21.2 Å². The Morgan fingerprint density at radius 3 is 2.33 bits per heavy atom. The Labute approximate surface area is 186 Å². The van der Waals surface area contributed by atoms with Crippen molar-refractivity contribution >= 4 is 40.3 Å². The second-order valence-electron chi connectivity index (χ2n) is 7.70. The summed E-state index contributed by atoms with van der Waals surface area (Å²) in [4.78, 5) is 41.6. The van der Waals surface area contributed by atoms with Crippen molar-refractivity contribution in [3.05, 3.63) is 68.3 Å². The standard InChI is InChI=1S/C22H19F2IN2O3/c1-12-5-4-8-26(22(30)15-9-16(23)17(24)10-18(15)25)19(12)11-27-20(28)13-6-2-3-7-14(13)21(27)29/h2-3,6-7,9-10,12,19H,4-5,8,11H2,1H3/t12-,19-/m1/s1. The van der Waals surface area contributed by atoms with E-state index in [1.54, 1.807) is 29.2 Å². The number of hydrogen-bond donors (Lipinski definition) is 0. The van der Waals surface area contributed by atoms with Crippen molar-refractivity contribution < 1.29 is 23.2 Å². The van der Waals surface area contributed by atoms with Gasteiger partial charge in [0, 0.05) is 10.1 Å². The lowest BCUT2D eigenvalue weighted by Crippen LogP contribution is -2.54. The van der Waals surface area contributed by atoms with Crippen LogP contribution in [0.25, 0.3) is 0 Å². The normalized spacial score (nSPS) is 21.2. The molecular formula is C22H19F2IN2O3. The highest BCUT2D eigenvalue weighted by Crippen LogP contribution is 2.30. The molecule has 0 aliphatic carbocycles. The van der Waals surface area contributed by atoms with Crippen LogP contribution in [0.2, 0.25) is 0 Å². The molecule has 30 heavy (non-hydrogen) atoms. The van der Waals surface area contributed by atoms with Gasteiger partial charge in [-0.05, 0) is 65.6 Å². The number of fused-ring (bicyclic) bond motifs is 1. The number of rotatable bonds is 3. The lowest BCUT2D eigenvalue weighted by atomic mass is 9.89. The third kappa shape index (κ3) is 3.51. The largest absolute Gasteiger partial charge is 0.334 e. The van der Waals surface area contributed by atoms with Crippen LogP contribution < -0.4 is 0 Å². The molecule has 1 fully saturated rings. The summed E-state index contributed by atoms with van der Waals surface area (Å²) in [6.07, 6.45) is 1.60. The Balaban J connectivity index is 1.63. The maximum absolute atomic E-state index is 13.8. The number of amides is 3. The third-order valence-electron chi connectivity index (χ3n) is 5.86. The second-order valence-corrected chi connectivity index (χ2v) is 8.86. The van der Waals surface area contributed by atoms with E-state index in [0.717, 1.165) is 25.0 Å². The van der Waals surface area contributed by atoms with Gasteiger partial charge in [-0.15, -0.1) is 0 Å². The molecule has 2 atom stereocenters. The first-order valence-electron chi connectivity index (χ1n) is 9.70. The van der Waals surface area contributed by atoms with Crippen LogP contribution in [0.1, 0.15) is 50.8 Å². The fourth-order valence-electron chi connectivity index (χ4n) is 4.21. The van der Waals surface area contributed by atoms with Crippen LogP contribution in [-0.4, -0.2) is 46.7 Å². The van der Waals surface area contributed by atoms with Gasteiger partial charge in [0.15, 0.2) is 11.6 Å². The van der Waals surface area contributed by atoms with Crippen LogP contribution in [0.4, 0.5) is 8.78 Å². The number of hydrogen-bond acceptors (Lipinski definition) is 3. The van der Waals surface area contributed by atoms with Gasteiger partial charge in [0.1, 0.15) is 0 Å². The summed E-state index contributed by atoms with van der Waals surface area (Å²) >= 11 is 1.81. The third-order valence-corrected chi connectivity index (χ3v) is 6.76. The van der Waals surface area contributed by atoms with E-state index < -0.39 is 23.6 Å². The molecule has 8 heteroatoms. The number of benzene rings is 2. The first-order chi connectivity index (χ1) is 14.3. The Morgan fingerprint density at radius 2 is 1.70 bits per heavy atom. The summed E-state index contributed by atoms with van der Waals surface area (Å²) in [5, 5.41) is 0. The number of carbonyl (C=O) groups excluding carboxylic acids is 3. The van der Waals surface area contributed by atoms with E-state index in [1.165, 1.54) is 4.90 Å². The summed E-state index contributed by atoms with van der Waals surface area (Å²) in [5.74, 6) is -3.22. The highest BCUT2D eigenvalue weighted by Gasteiger charge is 2.41. The number of halogens is 3. The van der Waals surface area contributed by atoms with E-state index in [1.807, 2.05) is 29.5 Å². The van der Waals surface area contributed by atoms with E-state index >= 15 is 0 Å². The van der Waals surface area contributed by atoms with Crippen molar-refractivity contribution in [2.45, 2.75) is 25.8 Å². The van der Waals surface area contributed by atoms with Crippen molar-refractivity contribution in [3.63, 3.8) is 0 Å². The summed E-state index contributed by atoms with van der Waals surface area (Å²) in [6, 6.07) is 8.15. The first-order valence-corrected chi connectivity index (χ1v) is 10.8. The fourth-order valence-corrected chi connectivity index (χ4v) is 4.87. The molecule has 0 unspecified atom stereocenters. The summed E-state index contributed by atoms with van der Waals surface area (Å²) in [5.41, 5.74) is 0.800. The molecule has 0 bridgehead atoms. The quantitative estimate of drug-likeness (QED) is 0.345. The molecule has 0 saturated carbocycles. The zero-order valence-electron chi connectivity index (χ0n) is 16.2. The van der Waals surface area contributed by atoms with Crippen LogP contribution in [-0.2, 0) is 0 Å². The van der Waals surface area contributed by atoms with Crippen LogP contribution >= 0.6 is 22.6 Å². The Hall–Kier alpha value is -2.36. The maximum atomic E-state index is 13.8. The average Bonchev–Trinajstić information content (AvgIpc) is 2.96. The summed E-state index contributed by atoms with van der Waals surface area (Å²) in [6.45, 7) is 2.46. The maximum Gasteiger partial charge on any atom is 0.261 e. The predicted octanol–water partition coefficient (Wildman–Crippen LogP) is 4.11. The number of likely N-dealkylation sites (tertiary alicyclic amines) is 1. The minimum atomic E-state index is -1.08. The predicted molar refractivity (Wildman–Crippen MR) is 114 cm³/mol. The van der Waals surface area contributed by atoms with Gasteiger partial charge in [0.25, 0.3) is 17.7 Å². The van der Waals surface area contributed by atoms with Crippen LogP contribution in [0.15, 0.2) is 36.4 Å². The Bertz CT molecular complexity index is 1020. The summed E-state index contributed by atoms with van der Waals surface area (Å²) in [7, 11) is 0. The molecule has 0 spiro atoms. The van der Waals surface area contributed by atoms with E-state index in [9.17, 15) is 23.2 Å². The smallest absolute Gasteiger partial charge is 0.261 e. The molecule has 1 saturated heterocycles. The van der Waals surface area contributed by atoms with Gasteiger partial charge in [-0.2, -0.15) is 0 Å². The highest BCUT2D eigenvalue weighted by atomic mass is 127. The summed E-state index contributed by atoms with van der Waals surface area (Å²) < 4.78 is 27.6. The first kappa shape index (κ1) is 20.9. The fraction of sp³-hybridized carbons (Fsp3) is 0.318. The Morgan fingerprint density at radius 1 is 1.10 bits per heavy atom. The average molecular weight is 524 g/mol. The van der Waals surface area contributed by atoms with Gasteiger partial charge in [-0.25, -0.2) is 8.78 Å². The number of piperidine rings is 1. The molecule has 156 valence electrons. The molecule has 2 aromatic rings. The number of nitrogens with zero attached hydrogens (tertiary/aromatic N) is 2. The van der Waals surface area contributed by atoms with Crippen molar-refractivity contribution in [2.75, 3.05) is 13.1 Å². The highest BCUT2D eigenvalue weighted by molar-refractivity contribution is 14.1. The molecule has 0 N–H and O–H groups in total. The van der Waals surface area contributed by atoms with Crippen molar-refractivity contribution in [1.82, 2.24) is 9.80 Å². The molecule has 4 rings (SSSR count). The van der Waals surface area contributed by atoms with Gasteiger partial charge in [-0.3, -0.25) is 19.3 Å². The molecule has 2 aromatic carbocycles. The van der Waals surface area contributed by atoms with Crippen LogP contribution in [0, 0.1) is 21.1 Å². The zero-order valence-corrected chi connectivity index (χ0v) is 18.4. The molecule has 2 aliphatic rings. The lowest BCUT2D eigenvalue weighted by molar-refractivity contribution is 0.0368. The van der Waals surface area contributed by atoms with E-state index in [2.05, 4.69) is 0 Å².